The van der Waals surface area contributed by atoms with Crippen molar-refractivity contribution in [2.24, 2.45) is 17.8 Å². The highest BCUT2D eigenvalue weighted by atomic mass is 35.5. The van der Waals surface area contributed by atoms with Crippen molar-refractivity contribution in [3.63, 3.8) is 0 Å². The van der Waals surface area contributed by atoms with Crippen LogP contribution in [0.5, 0.6) is 0 Å². The largest absolute Gasteiger partial charge is 0.394 e. The Morgan fingerprint density at radius 2 is 1.69 bits per heavy atom. The monoisotopic (exact) mass is 683 g/mol. The molecule has 2 bridgehead atoms. The van der Waals surface area contributed by atoms with Crippen molar-refractivity contribution in [1.82, 2.24) is 9.80 Å². The van der Waals surface area contributed by atoms with E-state index in [0.717, 1.165) is 16.7 Å². The number of benzene rings is 3. The molecule has 3 heterocycles. The zero-order valence-electron chi connectivity index (χ0n) is 27.4. The number of carbonyl (C=O) groups is 3. The molecule has 7 atom stereocenters. The summed E-state index contributed by atoms with van der Waals surface area (Å²) in [5.74, 6) is -2.12. The van der Waals surface area contributed by atoms with Crippen LogP contribution in [0.25, 0.3) is 0 Å². The van der Waals surface area contributed by atoms with Crippen LogP contribution in [0.3, 0.4) is 0 Å². The van der Waals surface area contributed by atoms with Gasteiger partial charge in [0.15, 0.2) is 0 Å². The molecule has 9 heteroatoms. The molecule has 3 unspecified atom stereocenters. The number of aryl methyl sites for hydroxylation is 1. The van der Waals surface area contributed by atoms with E-state index in [-0.39, 0.29) is 42.0 Å². The second kappa shape index (κ2) is 13.9. The van der Waals surface area contributed by atoms with E-state index < -0.39 is 28.7 Å². The number of halogens is 1. The highest BCUT2D eigenvalue weighted by Crippen LogP contribution is 2.69. The quantitative estimate of drug-likeness (QED) is 0.222. The highest BCUT2D eigenvalue weighted by molar-refractivity contribution is 8.02. The number of anilines is 1. The van der Waals surface area contributed by atoms with E-state index in [1.807, 2.05) is 79.7 Å². The Kier molecular flexibility index (Phi) is 9.88. The minimum Gasteiger partial charge on any atom is -0.394 e. The third kappa shape index (κ3) is 5.57. The Morgan fingerprint density at radius 1 is 1.02 bits per heavy atom. The number of thioether (sulfide) groups is 1. The molecule has 0 radical (unpaired) electrons. The van der Waals surface area contributed by atoms with Crippen molar-refractivity contribution in [2.75, 3.05) is 24.6 Å². The number of carbonyl (C=O) groups excluding carboxylic acids is 3. The van der Waals surface area contributed by atoms with E-state index in [2.05, 4.69) is 20.1 Å². The molecular weight excluding hydrogens is 642 g/mol. The number of hydrogen-bond donors (Lipinski definition) is 1. The SMILES string of the molecule is C=CCN(Cc1ccccc1)C(=O)[C@@H]1[C@H]2C(=O)N([C@H](CO)c3ccccc3)C(C(=O)N(CC=C)c3c(C)cccc3Cl)C23S[C@@H]1CC3C. The lowest BCUT2D eigenvalue weighted by molar-refractivity contribution is -0.146. The first-order chi connectivity index (χ1) is 23.2. The fraction of sp³-hybridized carbons (Fsp3) is 0.359. The summed E-state index contributed by atoms with van der Waals surface area (Å²) in [5, 5.41) is 11.2. The van der Waals surface area contributed by atoms with Gasteiger partial charge in [-0.3, -0.25) is 14.4 Å². The molecule has 6 rings (SSSR count). The van der Waals surface area contributed by atoms with Crippen LogP contribution in [0.15, 0.2) is 104 Å². The molecule has 3 aliphatic rings. The predicted molar refractivity (Wildman–Crippen MR) is 193 cm³/mol. The molecule has 1 spiro atoms. The summed E-state index contributed by atoms with van der Waals surface area (Å²) in [5.41, 5.74) is 3.09. The lowest BCUT2D eigenvalue weighted by atomic mass is 9.65. The fourth-order valence-electron chi connectivity index (χ4n) is 8.32. The molecule has 3 amide bonds. The van der Waals surface area contributed by atoms with E-state index in [9.17, 15) is 9.90 Å². The van der Waals surface area contributed by atoms with E-state index in [0.29, 0.717) is 30.2 Å². The fourth-order valence-corrected chi connectivity index (χ4v) is 11.0. The predicted octanol–water partition coefficient (Wildman–Crippen LogP) is 6.45. The lowest BCUT2D eigenvalue weighted by Crippen LogP contribution is -2.58. The summed E-state index contributed by atoms with van der Waals surface area (Å²) in [6.45, 7) is 12.4. The average Bonchev–Trinajstić information content (AvgIpc) is 3.68. The number of fused-ring (bicyclic) bond motifs is 1. The zero-order chi connectivity index (χ0) is 34.2. The van der Waals surface area contributed by atoms with Crippen LogP contribution >= 0.6 is 23.4 Å². The van der Waals surface area contributed by atoms with Crippen LogP contribution in [-0.4, -0.2) is 68.4 Å². The molecular formula is C39H42ClN3O4S. The number of aliphatic hydroxyl groups excluding tert-OH is 1. The van der Waals surface area contributed by atoms with Crippen molar-refractivity contribution in [3.05, 3.63) is 126 Å². The average molecular weight is 684 g/mol. The summed E-state index contributed by atoms with van der Waals surface area (Å²) in [7, 11) is 0. The van der Waals surface area contributed by atoms with E-state index >= 15 is 9.59 Å². The number of hydrogen-bond acceptors (Lipinski definition) is 5. The second-order valence-corrected chi connectivity index (χ2v) is 15.0. The maximum Gasteiger partial charge on any atom is 0.251 e. The van der Waals surface area contributed by atoms with Crippen molar-refractivity contribution in [3.8, 4) is 0 Å². The third-order valence-electron chi connectivity index (χ3n) is 10.3. The van der Waals surface area contributed by atoms with Gasteiger partial charge in [-0.2, -0.15) is 0 Å². The van der Waals surface area contributed by atoms with Crippen LogP contribution in [0.2, 0.25) is 5.02 Å². The van der Waals surface area contributed by atoms with E-state index in [4.69, 9.17) is 11.6 Å². The summed E-state index contributed by atoms with van der Waals surface area (Å²) in [4.78, 5) is 50.1. The topological polar surface area (TPSA) is 81.2 Å². The van der Waals surface area contributed by atoms with Crippen molar-refractivity contribution in [2.45, 2.75) is 48.9 Å². The van der Waals surface area contributed by atoms with Crippen molar-refractivity contribution >= 4 is 46.8 Å². The van der Waals surface area contributed by atoms with Crippen molar-refractivity contribution in [1.29, 1.82) is 0 Å². The van der Waals surface area contributed by atoms with Gasteiger partial charge in [0.25, 0.3) is 5.91 Å². The van der Waals surface area contributed by atoms with Crippen LogP contribution in [0.4, 0.5) is 5.69 Å². The molecule has 3 fully saturated rings. The van der Waals surface area contributed by atoms with Gasteiger partial charge in [-0.25, -0.2) is 0 Å². The van der Waals surface area contributed by atoms with Crippen LogP contribution < -0.4 is 4.90 Å². The number of aliphatic hydroxyl groups is 1. The van der Waals surface area contributed by atoms with Gasteiger partial charge in [0, 0.05) is 24.9 Å². The molecule has 7 nitrogen and oxygen atoms in total. The molecule has 250 valence electrons. The number of rotatable bonds is 12. The molecule has 3 saturated heterocycles. The molecule has 48 heavy (non-hydrogen) atoms. The van der Waals surface area contributed by atoms with Crippen LogP contribution in [0.1, 0.15) is 36.1 Å². The number of likely N-dealkylation sites (tertiary alicyclic amines) is 1. The summed E-state index contributed by atoms with van der Waals surface area (Å²) >= 11 is 8.38. The Hall–Kier alpha value is -3.85. The maximum absolute atomic E-state index is 15.3. The highest BCUT2D eigenvalue weighted by Gasteiger charge is 2.77. The number of para-hydroxylation sites is 1. The van der Waals surface area contributed by atoms with Crippen LogP contribution in [-0.2, 0) is 20.9 Å². The number of nitrogens with zero attached hydrogens (tertiary/aromatic N) is 3. The molecule has 3 aliphatic heterocycles. The van der Waals surface area contributed by atoms with Gasteiger partial charge in [0.1, 0.15) is 6.04 Å². The first-order valence-electron chi connectivity index (χ1n) is 16.5. The summed E-state index contributed by atoms with van der Waals surface area (Å²) in [6.07, 6.45) is 4.06. The Balaban J connectivity index is 1.49. The van der Waals surface area contributed by atoms with E-state index in [1.165, 1.54) is 0 Å². The van der Waals surface area contributed by atoms with Gasteiger partial charge in [-0.05, 0) is 42.0 Å². The Morgan fingerprint density at radius 3 is 2.31 bits per heavy atom. The zero-order valence-corrected chi connectivity index (χ0v) is 28.9. The Bertz CT molecular complexity index is 1680. The molecule has 1 N–H and O–H groups in total. The van der Waals surface area contributed by atoms with Crippen molar-refractivity contribution < 1.29 is 19.5 Å². The van der Waals surface area contributed by atoms with Gasteiger partial charge in [-0.1, -0.05) is 103 Å². The minimum absolute atomic E-state index is 0.0560. The maximum atomic E-state index is 15.3. The summed E-state index contributed by atoms with van der Waals surface area (Å²) in [6, 6.07) is 22.8. The van der Waals surface area contributed by atoms with Gasteiger partial charge >= 0.3 is 0 Å². The van der Waals surface area contributed by atoms with Crippen LogP contribution in [0, 0.1) is 24.7 Å². The molecule has 0 aliphatic carbocycles. The minimum atomic E-state index is -0.965. The smallest absolute Gasteiger partial charge is 0.251 e. The lowest BCUT2D eigenvalue weighted by Gasteiger charge is -2.42. The normalized spacial score (nSPS) is 26.2. The molecule has 3 aromatic carbocycles. The molecule has 3 aromatic rings. The Labute approximate surface area is 292 Å². The number of amides is 3. The molecule has 0 saturated carbocycles. The van der Waals surface area contributed by atoms with Gasteiger partial charge in [-0.15, -0.1) is 24.9 Å². The standard InChI is InChI=1S/C39H42ClN3O4S/c1-5-20-41(23-27-15-9-7-10-16-27)36(45)32-31-22-26(4)39(48-31)33(32)37(46)43(30(24-44)28-17-11-8-12-18-28)35(39)38(47)42(21-6-2)34-25(3)14-13-19-29(34)40/h5-19,26,30-33,35,44H,1-2,20-24H2,3-4H3/t26?,30-,31-,32+,33+,35?,39?/m1/s1. The van der Waals surface area contributed by atoms with Gasteiger partial charge in [0.2, 0.25) is 11.8 Å². The second-order valence-electron chi connectivity index (χ2n) is 13.0. The van der Waals surface area contributed by atoms with Gasteiger partial charge < -0.3 is 19.8 Å². The van der Waals surface area contributed by atoms with Gasteiger partial charge in [0.05, 0.1) is 39.9 Å². The first-order valence-corrected chi connectivity index (χ1v) is 17.7. The third-order valence-corrected chi connectivity index (χ3v) is 12.7. The van der Waals surface area contributed by atoms with E-state index in [1.54, 1.807) is 44.7 Å². The molecule has 0 aromatic heterocycles. The first kappa shape index (κ1) is 34.0. The summed E-state index contributed by atoms with van der Waals surface area (Å²) < 4.78 is -0.900.